The Bertz CT molecular complexity index is 1840. The number of hydrogen-bond donors (Lipinski definition) is 1. The van der Waals surface area contributed by atoms with Crippen LogP contribution in [0.4, 0.5) is 21.8 Å². The number of benzene rings is 1. The number of hydrogen-bond acceptors (Lipinski definition) is 9. The highest BCUT2D eigenvalue weighted by Gasteiger charge is 2.28. The van der Waals surface area contributed by atoms with Gasteiger partial charge in [0.15, 0.2) is 11.5 Å². The summed E-state index contributed by atoms with van der Waals surface area (Å²) in [6, 6.07) is 13.7. The van der Waals surface area contributed by atoms with Crippen molar-refractivity contribution in [3.63, 3.8) is 0 Å². The molecule has 6 heterocycles. The van der Waals surface area contributed by atoms with E-state index < -0.39 is 0 Å². The van der Waals surface area contributed by atoms with Crippen LogP contribution in [-0.4, -0.2) is 99.2 Å². The van der Waals surface area contributed by atoms with Crippen molar-refractivity contribution in [3.05, 3.63) is 72.3 Å². The second kappa shape index (κ2) is 12.9. The molecule has 2 aliphatic rings. The third-order valence-corrected chi connectivity index (χ3v) is 8.51. The number of aromatic nitrogens is 6. The van der Waals surface area contributed by atoms with Gasteiger partial charge in [-0.2, -0.15) is 10.2 Å². The van der Waals surface area contributed by atoms with Gasteiger partial charge in [-0.15, -0.1) is 0 Å². The number of anilines is 3. The van der Waals surface area contributed by atoms with Crippen LogP contribution < -0.4 is 15.1 Å². The molecule has 0 atom stereocenters. The number of halogens is 1. The zero-order valence-corrected chi connectivity index (χ0v) is 26.1. The molecule has 1 N–H and O–H groups in total. The van der Waals surface area contributed by atoms with Crippen molar-refractivity contribution in [2.45, 2.75) is 13.3 Å². The van der Waals surface area contributed by atoms with E-state index in [0.717, 1.165) is 80.7 Å². The summed E-state index contributed by atoms with van der Waals surface area (Å²) in [7, 11) is 1.94. The lowest BCUT2D eigenvalue weighted by molar-refractivity contribution is 0.102. The van der Waals surface area contributed by atoms with Crippen LogP contribution >= 0.6 is 0 Å². The summed E-state index contributed by atoms with van der Waals surface area (Å²) in [5.74, 6) is 1.51. The smallest absolute Gasteiger partial charge is 0.257 e. The fourth-order valence-corrected chi connectivity index (χ4v) is 6.21. The molecule has 2 fully saturated rings. The zero-order valence-electron chi connectivity index (χ0n) is 26.1. The third-order valence-electron chi connectivity index (χ3n) is 8.51. The van der Waals surface area contributed by atoms with Crippen molar-refractivity contribution >= 4 is 29.0 Å². The first-order valence-corrected chi connectivity index (χ1v) is 15.7. The second-order valence-electron chi connectivity index (χ2n) is 11.6. The number of nitrogens with zero attached hydrogens (tertiary/aromatic N) is 9. The van der Waals surface area contributed by atoms with Crippen LogP contribution in [0.25, 0.3) is 28.2 Å². The first kappa shape index (κ1) is 29.8. The molecule has 1 aromatic carbocycles. The van der Waals surface area contributed by atoms with Gasteiger partial charge in [-0.25, -0.2) is 18.9 Å². The van der Waals surface area contributed by atoms with Crippen molar-refractivity contribution in [2.24, 2.45) is 7.05 Å². The highest BCUT2D eigenvalue weighted by atomic mass is 19.1. The van der Waals surface area contributed by atoms with Crippen LogP contribution in [0, 0.1) is 5.82 Å². The molecule has 238 valence electrons. The Balaban J connectivity index is 1.20. The van der Waals surface area contributed by atoms with Crippen molar-refractivity contribution in [2.75, 3.05) is 74.1 Å². The van der Waals surface area contributed by atoms with Crippen molar-refractivity contribution in [1.29, 1.82) is 0 Å². The lowest BCUT2D eigenvalue weighted by atomic mass is 10.0. The Morgan fingerprint density at radius 3 is 2.50 bits per heavy atom. The topological polar surface area (TPSA) is 109 Å². The number of pyridine rings is 1. The molecule has 13 heteroatoms. The lowest BCUT2D eigenvalue weighted by Gasteiger charge is -2.36. The average molecular weight is 625 g/mol. The molecule has 2 aliphatic heterocycles. The van der Waals surface area contributed by atoms with E-state index in [1.54, 1.807) is 41.2 Å². The number of morpholine rings is 1. The van der Waals surface area contributed by atoms with Gasteiger partial charge in [0.25, 0.3) is 5.91 Å². The largest absolute Gasteiger partial charge is 0.378 e. The standard InChI is InChI=1S/C33H37FN10O2/c1-3-12-41-13-15-43(16-14-41)33-30(31(39-40(33)2)23-4-6-25(34)7-5-23)26-8-9-28-36-27(22-44(28)38-26)37-32(45)24-10-11-35-29(21-24)42-17-19-46-20-18-42/h4-11,21-22H,3,12-20H2,1-2H3,(H,37,45). The van der Waals surface area contributed by atoms with Gasteiger partial charge in [-0.3, -0.25) is 14.4 Å². The molecule has 0 saturated carbocycles. The Kier molecular flexibility index (Phi) is 8.33. The molecule has 0 radical (unpaired) electrons. The van der Waals surface area contributed by atoms with Crippen molar-refractivity contribution in [3.8, 4) is 22.5 Å². The van der Waals surface area contributed by atoms with Crippen LogP contribution in [0.1, 0.15) is 23.7 Å². The monoisotopic (exact) mass is 624 g/mol. The van der Waals surface area contributed by atoms with E-state index in [0.29, 0.717) is 35.9 Å². The average Bonchev–Trinajstić information content (AvgIpc) is 3.65. The molecule has 7 rings (SSSR count). The fourth-order valence-electron chi connectivity index (χ4n) is 6.21. The Morgan fingerprint density at radius 1 is 0.957 bits per heavy atom. The molecule has 0 spiro atoms. The van der Waals surface area contributed by atoms with Crippen LogP contribution in [0.15, 0.2) is 60.9 Å². The maximum absolute atomic E-state index is 13.9. The molecule has 5 aromatic rings. The number of fused-ring (bicyclic) bond motifs is 1. The highest BCUT2D eigenvalue weighted by molar-refractivity contribution is 6.04. The van der Waals surface area contributed by atoms with Crippen LogP contribution in [0.5, 0.6) is 0 Å². The molecule has 1 amide bonds. The molecule has 4 aromatic heterocycles. The number of carbonyl (C=O) groups is 1. The Labute approximate surface area is 266 Å². The van der Waals surface area contributed by atoms with E-state index in [2.05, 4.69) is 36.9 Å². The van der Waals surface area contributed by atoms with Crippen molar-refractivity contribution < 1.29 is 13.9 Å². The van der Waals surface area contributed by atoms with Gasteiger partial charge in [0.1, 0.15) is 23.1 Å². The van der Waals surface area contributed by atoms with Gasteiger partial charge < -0.3 is 19.9 Å². The molecule has 46 heavy (non-hydrogen) atoms. The number of rotatable bonds is 8. The van der Waals surface area contributed by atoms with Crippen molar-refractivity contribution in [1.82, 2.24) is 34.3 Å². The van der Waals surface area contributed by atoms with E-state index in [1.807, 2.05) is 23.9 Å². The predicted octanol–water partition coefficient (Wildman–Crippen LogP) is 3.95. The van der Waals surface area contributed by atoms with Crippen LogP contribution in [0.2, 0.25) is 0 Å². The number of imidazole rings is 1. The Morgan fingerprint density at radius 2 is 1.74 bits per heavy atom. The summed E-state index contributed by atoms with van der Waals surface area (Å²) in [5.41, 5.74) is 4.17. The lowest BCUT2D eigenvalue weighted by Crippen LogP contribution is -2.47. The van der Waals surface area contributed by atoms with Gasteiger partial charge in [0.2, 0.25) is 0 Å². The summed E-state index contributed by atoms with van der Waals surface area (Å²) >= 11 is 0. The van der Waals surface area contributed by atoms with E-state index in [4.69, 9.17) is 14.9 Å². The highest BCUT2D eigenvalue weighted by Crippen LogP contribution is 2.39. The normalized spacial score (nSPS) is 15.9. The number of aryl methyl sites for hydroxylation is 1. The molecular weight excluding hydrogens is 587 g/mol. The van der Waals surface area contributed by atoms with E-state index in [9.17, 15) is 9.18 Å². The third kappa shape index (κ3) is 6.03. The zero-order chi connectivity index (χ0) is 31.6. The molecule has 0 aliphatic carbocycles. The first-order valence-electron chi connectivity index (χ1n) is 15.7. The molecular formula is C33H37FN10O2. The molecule has 12 nitrogen and oxygen atoms in total. The molecule has 2 saturated heterocycles. The summed E-state index contributed by atoms with van der Waals surface area (Å²) in [5, 5.41) is 12.8. The molecule has 0 bridgehead atoms. The van der Waals surface area contributed by atoms with Gasteiger partial charge >= 0.3 is 0 Å². The second-order valence-corrected chi connectivity index (χ2v) is 11.6. The van der Waals surface area contributed by atoms with Gasteiger partial charge in [-0.05, 0) is 61.5 Å². The predicted molar refractivity (Wildman–Crippen MR) is 175 cm³/mol. The van der Waals surface area contributed by atoms with E-state index in [1.165, 1.54) is 12.1 Å². The summed E-state index contributed by atoms with van der Waals surface area (Å²) in [6.07, 6.45) is 4.48. The minimum Gasteiger partial charge on any atom is -0.378 e. The number of piperazine rings is 1. The number of nitrogens with one attached hydrogen (secondary N) is 1. The maximum atomic E-state index is 13.9. The van der Waals surface area contributed by atoms with E-state index >= 15 is 0 Å². The summed E-state index contributed by atoms with van der Waals surface area (Å²) < 4.78 is 22.9. The number of amides is 1. The Hall–Kier alpha value is -4.88. The summed E-state index contributed by atoms with van der Waals surface area (Å²) in [6.45, 7) is 9.68. The number of carbonyl (C=O) groups excluding carboxylic acids is 1. The molecule has 0 unspecified atom stereocenters. The van der Waals surface area contributed by atoms with Gasteiger partial charge in [-0.1, -0.05) is 6.92 Å². The SMILES string of the molecule is CCCN1CCN(c2c(-c3ccc4nc(NC(=O)c5ccnc(N6CCOCC6)c5)cn4n3)c(-c3ccc(F)cc3)nn2C)CC1. The maximum Gasteiger partial charge on any atom is 0.257 e. The minimum atomic E-state index is -0.301. The first-order chi connectivity index (χ1) is 22.5. The summed E-state index contributed by atoms with van der Waals surface area (Å²) in [4.78, 5) is 29.2. The minimum absolute atomic E-state index is 0.282. The van der Waals surface area contributed by atoms with E-state index in [-0.39, 0.29) is 11.7 Å². The number of ether oxygens (including phenoxy) is 1. The quantitative estimate of drug-likeness (QED) is 0.275. The van der Waals surface area contributed by atoms with Crippen LogP contribution in [0.3, 0.4) is 0 Å². The van der Waals surface area contributed by atoms with Gasteiger partial charge in [0, 0.05) is 63.6 Å². The van der Waals surface area contributed by atoms with Gasteiger partial charge in [0.05, 0.1) is 30.7 Å². The fraction of sp³-hybridized carbons (Fsp3) is 0.364. The van der Waals surface area contributed by atoms with Crippen LogP contribution in [-0.2, 0) is 11.8 Å².